The quantitative estimate of drug-likeness (QED) is 0.169. The number of unbranched alkanes of at least 4 members (excludes halogenated alkanes) is 3. The molecule has 0 spiro atoms. The van der Waals surface area contributed by atoms with Gasteiger partial charge in [-0.3, -0.25) is 19.2 Å². The van der Waals surface area contributed by atoms with E-state index in [9.17, 15) is 34.2 Å². The van der Waals surface area contributed by atoms with Gasteiger partial charge in [-0.05, 0) is 48.9 Å². The van der Waals surface area contributed by atoms with Crippen LogP contribution in [-0.2, 0) is 36.9 Å². The molecule has 1 aliphatic rings. The number of aromatic hydroxyl groups is 2. The lowest BCUT2D eigenvalue weighted by Gasteiger charge is -2.13. The number of aryl methyl sites for hydroxylation is 2. The third-order valence-electron chi connectivity index (χ3n) is 6.12. The Kier molecular flexibility index (Phi) is 14.2. The summed E-state index contributed by atoms with van der Waals surface area (Å²) in [6, 6.07) is 13.9. The van der Waals surface area contributed by atoms with Gasteiger partial charge in [0, 0.05) is 38.8 Å². The topological polar surface area (TPSA) is 188 Å². The summed E-state index contributed by atoms with van der Waals surface area (Å²) in [4.78, 5) is 61.1. The molecule has 0 aromatic heterocycles. The van der Waals surface area contributed by atoms with Gasteiger partial charge in [0.25, 0.3) is 11.8 Å². The lowest BCUT2D eigenvalue weighted by molar-refractivity contribution is -0.171. The van der Waals surface area contributed by atoms with Crippen LogP contribution < -0.4 is 16.4 Å². The van der Waals surface area contributed by atoms with Gasteiger partial charge in [0.2, 0.25) is 11.8 Å². The highest BCUT2D eigenvalue weighted by molar-refractivity contribution is 6.01. The molecule has 0 bridgehead atoms. The molecule has 5 amide bonds. The molecular weight excluding hydrogens is 532 g/mol. The predicted molar refractivity (Wildman–Crippen MR) is 149 cm³/mol. The number of hydrogen-bond donors (Lipinski definition) is 5. The number of rotatable bonds is 14. The summed E-state index contributed by atoms with van der Waals surface area (Å²) >= 11 is 0. The summed E-state index contributed by atoms with van der Waals surface area (Å²) in [5.74, 6) is -0.988. The fourth-order valence-corrected chi connectivity index (χ4v) is 3.83. The van der Waals surface area contributed by atoms with E-state index in [0.717, 1.165) is 36.8 Å². The standard InChI is InChI=1S/C20H27N3O6.C9H11NO2/c24-16-8-4-3-7-15(16)9-10-17(25)21-13-5-1-2-6-14-22-20(28)29-23-18(26)11-12-19(23)27;10-9(12)6-5-7-3-1-2-4-8(7)11/h3-4,7-8,24H,1-2,5-6,9-14H2,(H,21,25)(H,22,28);1-4,11H,5-6H2,(H2,10,12). The third kappa shape index (κ3) is 12.9. The van der Waals surface area contributed by atoms with Crippen LogP contribution in [0, 0.1) is 0 Å². The minimum atomic E-state index is -0.815. The number of amides is 5. The maximum absolute atomic E-state index is 11.8. The number of primary amides is 1. The van der Waals surface area contributed by atoms with E-state index >= 15 is 0 Å². The van der Waals surface area contributed by atoms with Crippen LogP contribution in [-0.4, -0.2) is 58.1 Å². The number of carbonyl (C=O) groups excluding carboxylic acids is 5. The highest BCUT2D eigenvalue weighted by Crippen LogP contribution is 2.18. The highest BCUT2D eigenvalue weighted by Gasteiger charge is 2.32. The van der Waals surface area contributed by atoms with Gasteiger partial charge in [-0.15, -0.1) is 5.06 Å². The van der Waals surface area contributed by atoms with Crippen molar-refractivity contribution in [3.8, 4) is 11.5 Å². The van der Waals surface area contributed by atoms with Crippen LogP contribution in [0.2, 0.25) is 0 Å². The summed E-state index contributed by atoms with van der Waals surface area (Å²) in [6.07, 6.45) is 4.21. The van der Waals surface area contributed by atoms with E-state index < -0.39 is 17.9 Å². The fraction of sp³-hybridized carbons (Fsp3) is 0.414. The Balaban J connectivity index is 0.000000408. The van der Waals surface area contributed by atoms with Gasteiger partial charge in [-0.2, -0.15) is 0 Å². The number of nitrogens with zero attached hydrogens (tertiary/aromatic N) is 1. The van der Waals surface area contributed by atoms with Crippen LogP contribution in [0.15, 0.2) is 48.5 Å². The maximum atomic E-state index is 11.8. The van der Waals surface area contributed by atoms with E-state index in [1.165, 1.54) is 0 Å². The van der Waals surface area contributed by atoms with Crippen molar-refractivity contribution >= 4 is 29.7 Å². The van der Waals surface area contributed by atoms with E-state index in [0.29, 0.717) is 37.4 Å². The van der Waals surface area contributed by atoms with Crippen molar-refractivity contribution < 1.29 is 39.0 Å². The second-order valence-electron chi connectivity index (χ2n) is 9.38. The first-order chi connectivity index (χ1) is 19.7. The Morgan fingerprint density at radius 2 is 1.24 bits per heavy atom. The van der Waals surface area contributed by atoms with E-state index in [1.807, 2.05) is 12.1 Å². The van der Waals surface area contributed by atoms with E-state index in [4.69, 9.17) is 10.6 Å². The lowest BCUT2D eigenvalue weighted by Crippen LogP contribution is -2.37. The Morgan fingerprint density at radius 3 is 1.76 bits per heavy atom. The molecule has 41 heavy (non-hydrogen) atoms. The van der Waals surface area contributed by atoms with Crippen molar-refractivity contribution in [1.82, 2.24) is 15.7 Å². The number of hydroxylamine groups is 2. The molecule has 0 aliphatic carbocycles. The first-order valence-electron chi connectivity index (χ1n) is 13.6. The van der Waals surface area contributed by atoms with Gasteiger partial charge in [0.1, 0.15) is 11.5 Å². The SMILES string of the molecule is NC(=O)CCc1ccccc1O.O=C(CCc1ccccc1O)NCCCCCCNC(=O)ON1C(=O)CCC1=O. The van der Waals surface area contributed by atoms with Gasteiger partial charge in [0.05, 0.1) is 0 Å². The van der Waals surface area contributed by atoms with Gasteiger partial charge in [-0.1, -0.05) is 49.2 Å². The zero-order chi connectivity index (χ0) is 30.0. The van der Waals surface area contributed by atoms with E-state index in [-0.39, 0.29) is 42.6 Å². The van der Waals surface area contributed by atoms with Crippen molar-refractivity contribution in [2.45, 2.75) is 64.2 Å². The van der Waals surface area contributed by atoms with Gasteiger partial charge >= 0.3 is 6.09 Å². The first kappa shape index (κ1) is 32.6. The minimum absolute atomic E-state index is 0.0522. The zero-order valence-electron chi connectivity index (χ0n) is 23.0. The molecule has 6 N–H and O–H groups in total. The predicted octanol–water partition coefficient (Wildman–Crippen LogP) is 2.60. The largest absolute Gasteiger partial charge is 0.508 e. The number of carbonyl (C=O) groups is 5. The Hall–Kier alpha value is -4.61. The van der Waals surface area contributed by atoms with Crippen molar-refractivity contribution in [2.24, 2.45) is 5.73 Å². The average molecular weight is 571 g/mol. The Bertz CT molecular complexity index is 1170. The molecule has 0 unspecified atom stereocenters. The van der Waals surface area contributed by atoms with Crippen LogP contribution >= 0.6 is 0 Å². The molecule has 1 heterocycles. The molecule has 12 nitrogen and oxygen atoms in total. The molecule has 1 aliphatic heterocycles. The summed E-state index contributed by atoms with van der Waals surface area (Å²) in [5, 5.41) is 24.8. The number of benzene rings is 2. The van der Waals surface area contributed by atoms with Gasteiger partial charge in [0.15, 0.2) is 0 Å². The Morgan fingerprint density at radius 1 is 0.756 bits per heavy atom. The number of nitrogens with one attached hydrogen (secondary N) is 2. The molecule has 12 heteroatoms. The number of phenolic OH excluding ortho intramolecular Hbond substituents is 2. The monoisotopic (exact) mass is 570 g/mol. The van der Waals surface area contributed by atoms with Crippen molar-refractivity contribution in [2.75, 3.05) is 13.1 Å². The second-order valence-corrected chi connectivity index (χ2v) is 9.38. The number of phenols is 2. The molecular formula is C29H38N4O8. The number of hydrogen-bond acceptors (Lipinski definition) is 8. The first-order valence-corrected chi connectivity index (χ1v) is 13.6. The summed E-state index contributed by atoms with van der Waals surface area (Å²) in [5.41, 5.74) is 6.49. The molecule has 2 aromatic rings. The molecule has 222 valence electrons. The van der Waals surface area contributed by atoms with Crippen LogP contribution in [0.4, 0.5) is 4.79 Å². The van der Waals surface area contributed by atoms with Gasteiger partial charge in [-0.25, -0.2) is 4.79 Å². The molecule has 2 aromatic carbocycles. The number of nitrogens with two attached hydrogens (primary N) is 1. The maximum Gasteiger partial charge on any atom is 0.432 e. The van der Waals surface area contributed by atoms with Crippen LogP contribution in [0.5, 0.6) is 11.5 Å². The molecule has 1 fully saturated rings. The molecule has 0 saturated carbocycles. The summed E-state index contributed by atoms with van der Waals surface area (Å²) < 4.78 is 0. The molecule has 1 saturated heterocycles. The van der Waals surface area contributed by atoms with Crippen LogP contribution in [0.1, 0.15) is 62.5 Å². The number of imide groups is 1. The van der Waals surface area contributed by atoms with E-state index in [2.05, 4.69) is 10.6 Å². The zero-order valence-corrected chi connectivity index (χ0v) is 23.0. The smallest absolute Gasteiger partial charge is 0.432 e. The minimum Gasteiger partial charge on any atom is -0.508 e. The molecule has 0 atom stereocenters. The number of para-hydroxylation sites is 2. The highest BCUT2D eigenvalue weighted by atomic mass is 16.7. The van der Waals surface area contributed by atoms with Crippen LogP contribution in [0.3, 0.4) is 0 Å². The summed E-state index contributed by atoms with van der Waals surface area (Å²) in [6.45, 7) is 0.955. The lowest BCUT2D eigenvalue weighted by atomic mass is 10.1. The second kappa shape index (κ2) is 17.9. The van der Waals surface area contributed by atoms with Crippen LogP contribution in [0.25, 0.3) is 0 Å². The average Bonchev–Trinajstić information content (AvgIpc) is 3.26. The molecule has 0 radical (unpaired) electrons. The van der Waals surface area contributed by atoms with Gasteiger partial charge < -0.3 is 31.4 Å². The van der Waals surface area contributed by atoms with Crippen molar-refractivity contribution in [1.29, 1.82) is 0 Å². The third-order valence-corrected chi connectivity index (χ3v) is 6.12. The fourth-order valence-electron chi connectivity index (χ4n) is 3.83. The van der Waals surface area contributed by atoms with Crippen molar-refractivity contribution in [3.63, 3.8) is 0 Å². The Labute approximate surface area is 238 Å². The molecule has 3 rings (SSSR count). The van der Waals surface area contributed by atoms with Crippen molar-refractivity contribution in [3.05, 3.63) is 59.7 Å². The van der Waals surface area contributed by atoms with E-state index in [1.54, 1.807) is 36.4 Å². The summed E-state index contributed by atoms with van der Waals surface area (Å²) in [7, 11) is 0. The normalized spacial score (nSPS) is 12.3.